The first kappa shape index (κ1) is 6.05. The Morgan fingerprint density at radius 1 is 1.75 bits per heavy atom. The van der Waals surface area contributed by atoms with Crippen molar-refractivity contribution in [2.24, 2.45) is 0 Å². The highest BCUT2D eigenvalue weighted by Crippen LogP contribution is 2.13. The van der Waals surface area contributed by atoms with E-state index in [0.29, 0.717) is 6.61 Å². The van der Waals surface area contributed by atoms with Gasteiger partial charge in [0, 0.05) is 6.61 Å². The van der Waals surface area contributed by atoms with Crippen LogP contribution in [0.3, 0.4) is 0 Å². The Morgan fingerprint density at radius 2 is 2.50 bits per heavy atom. The maximum atomic E-state index is 10.3. The van der Waals surface area contributed by atoms with Gasteiger partial charge in [-0.3, -0.25) is 4.79 Å². The molecule has 46 valence electrons. The van der Waals surface area contributed by atoms with Gasteiger partial charge >= 0.3 is 0 Å². The summed E-state index contributed by atoms with van der Waals surface area (Å²) < 4.78 is 4.93. The molecule has 0 radical (unpaired) electrons. The van der Waals surface area contributed by atoms with Gasteiger partial charge in [0.15, 0.2) is 0 Å². The predicted molar refractivity (Wildman–Crippen MR) is 29.8 cm³/mol. The van der Waals surface area contributed by atoms with Crippen molar-refractivity contribution in [1.29, 1.82) is 0 Å². The van der Waals surface area contributed by atoms with E-state index in [2.05, 4.69) is 0 Å². The standard InChI is InChI=1S/C5H7ClO2/c6-5(7)4-2-1-3-8-4/h4H,1-3H2. The van der Waals surface area contributed by atoms with E-state index in [4.69, 9.17) is 16.3 Å². The minimum Gasteiger partial charge on any atom is -0.369 e. The molecule has 0 saturated carbocycles. The molecule has 8 heavy (non-hydrogen) atoms. The van der Waals surface area contributed by atoms with Gasteiger partial charge < -0.3 is 4.74 Å². The highest BCUT2D eigenvalue weighted by molar-refractivity contribution is 6.64. The summed E-state index contributed by atoms with van der Waals surface area (Å²) in [6.07, 6.45) is 1.45. The lowest BCUT2D eigenvalue weighted by molar-refractivity contribution is -0.119. The highest BCUT2D eigenvalue weighted by atomic mass is 35.5. The van der Waals surface area contributed by atoms with Crippen molar-refractivity contribution in [2.75, 3.05) is 6.61 Å². The molecule has 0 aromatic carbocycles. The van der Waals surface area contributed by atoms with Crippen LogP contribution in [-0.2, 0) is 9.53 Å². The average Bonchev–Trinajstić information content (AvgIpc) is 2.12. The molecular weight excluding hydrogens is 128 g/mol. The summed E-state index contributed by atoms with van der Waals surface area (Å²) in [6.45, 7) is 0.684. The van der Waals surface area contributed by atoms with Crippen LogP contribution in [0.25, 0.3) is 0 Å². The molecule has 0 amide bonds. The number of hydrogen-bond acceptors (Lipinski definition) is 2. The molecule has 1 atom stereocenters. The molecule has 1 fully saturated rings. The molecule has 1 saturated heterocycles. The van der Waals surface area contributed by atoms with Gasteiger partial charge in [0.05, 0.1) is 0 Å². The third-order valence-electron chi connectivity index (χ3n) is 1.18. The van der Waals surface area contributed by atoms with Crippen molar-refractivity contribution < 1.29 is 9.53 Å². The summed E-state index contributed by atoms with van der Waals surface area (Å²) >= 11 is 5.12. The molecule has 1 rings (SSSR count). The summed E-state index contributed by atoms with van der Waals surface area (Å²) in [5.74, 6) is 0. The molecule has 3 heteroatoms. The summed E-state index contributed by atoms with van der Waals surface area (Å²) in [5, 5.41) is -0.359. The first-order chi connectivity index (χ1) is 3.80. The summed E-state index contributed by atoms with van der Waals surface area (Å²) in [5.41, 5.74) is 0. The van der Waals surface area contributed by atoms with Gasteiger partial charge in [0.25, 0.3) is 0 Å². The zero-order valence-corrected chi connectivity index (χ0v) is 5.15. The molecule has 1 heterocycles. The zero-order valence-electron chi connectivity index (χ0n) is 4.39. The first-order valence-electron chi connectivity index (χ1n) is 2.61. The second-order valence-electron chi connectivity index (χ2n) is 1.81. The van der Waals surface area contributed by atoms with Crippen LogP contribution >= 0.6 is 11.6 Å². The Balaban J connectivity index is 2.35. The first-order valence-corrected chi connectivity index (χ1v) is 2.99. The molecule has 0 aromatic heterocycles. The van der Waals surface area contributed by atoms with E-state index in [-0.39, 0.29) is 11.3 Å². The van der Waals surface area contributed by atoms with Crippen LogP contribution in [0.15, 0.2) is 0 Å². The monoisotopic (exact) mass is 134 g/mol. The van der Waals surface area contributed by atoms with E-state index < -0.39 is 0 Å². The van der Waals surface area contributed by atoms with E-state index in [0.717, 1.165) is 12.8 Å². The number of carbonyl (C=O) groups is 1. The Kier molecular flexibility index (Phi) is 1.86. The van der Waals surface area contributed by atoms with Crippen LogP contribution < -0.4 is 0 Å². The summed E-state index contributed by atoms with van der Waals surface area (Å²) in [4.78, 5) is 10.3. The van der Waals surface area contributed by atoms with Gasteiger partial charge in [-0.15, -0.1) is 0 Å². The molecular formula is C5H7ClO2. The molecule has 1 aliphatic heterocycles. The number of rotatable bonds is 1. The maximum Gasteiger partial charge on any atom is 0.250 e. The third kappa shape index (κ3) is 1.20. The minimum atomic E-state index is -0.359. The molecule has 0 spiro atoms. The van der Waals surface area contributed by atoms with Crippen LogP contribution in [-0.4, -0.2) is 18.0 Å². The van der Waals surface area contributed by atoms with E-state index >= 15 is 0 Å². The van der Waals surface area contributed by atoms with Crippen molar-refractivity contribution in [2.45, 2.75) is 18.9 Å². The highest BCUT2D eigenvalue weighted by Gasteiger charge is 2.20. The van der Waals surface area contributed by atoms with Gasteiger partial charge in [0.2, 0.25) is 5.24 Å². The Labute approximate surface area is 52.8 Å². The Bertz CT molecular complexity index is 96.6. The van der Waals surface area contributed by atoms with Crippen molar-refractivity contribution in [1.82, 2.24) is 0 Å². The van der Waals surface area contributed by atoms with Crippen LogP contribution in [0.2, 0.25) is 0 Å². The number of hydrogen-bond donors (Lipinski definition) is 0. The molecule has 1 unspecified atom stereocenters. The topological polar surface area (TPSA) is 26.3 Å². The van der Waals surface area contributed by atoms with E-state index in [1.807, 2.05) is 0 Å². The third-order valence-corrected chi connectivity index (χ3v) is 1.43. The molecule has 0 aromatic rings. The molecule has 0 bridgehead atoms. The molecule has 1 aliphatic rings. The van der Waals surface area contributed by atoms with Crippen molar-refractivity contribution >= 4 is 16.8 Å². The quantitative estimate of drug-likeness (QED) is 0.499. The maximum absolute atomic E-state index is 10.3. The fraction of sp³-hybridized carbons (Fsp3) is 0.800. The van der Waals surface area contributed by atoms with Gasteiger partial charge in [-0.05, 0) is 24.4 Å². The lowest BCUT2D eigenvalue weighted by Crippen LogP contribution is -2.12. The molecule has 0 N–H and O–H groups in total. The minimum absolute atomic E-state index is 0.309. The van der Waals surface area contributed by atoms with Crippen molar-refractivity contribution in [3.8, 4) is 0 Å². The lowest BCUT2D eigenvalue weighted by atomic mass is 10.3. The van der Waals surface area contributed by atoms with Gasteiger partial charge in [-0.1, -0.05) is 0 Å². The normalized spacial score (nSPS) is 28.4. The lowest BCUT2D eigenvalue weighted by Gasteiger charge is -1.98. The van der Waals surface area contributed by atoms with Crippen LogP contribution in [0.1, 0.15) is 12.8 Å². The predicted octanol–water partition coefficient (Wildman–Crippen LogP) is 0.931. The van der Waals surface area contributed by atoms with Crippen molar-refractivity contribution in [3.63, 3.8) is 0 Å². The smallest absolute Gasteiger partial charge is 0.250 e. The average molecular weight is 135 g/mol. The summed E-state index contributed by atoms with van der Waals surface area (Å²) in [7, 11) is 0. The number of ether oxygens (including phenoxy) is 1. The second kappa shape index (κ2) is 2.46. The van der Waals surface area contributed by atoms with Crippen LogP contribution in [0, 0.1) is 0 Å². The second-order valence-corrected chi connectivity index (χ2v) is 2.18. The Morgan fingerprint density at radius 3 is 2.75 bits per heavy atom. The van der Waals surface area contributed by atoms with E-state index in [9.17, 15) is 4.79 Å². The van der Waals surface area contributed by atoms with E-state index in [1.54, 1.807) is 0 Å². The van der Waals surface area contributed by atoms with Gasteiger partial charge in [-0.25, -0.2) is 0 Å². The van der Waals surface area contributed by atoms with Crippen LogP contribution in [0.4, 0.5) is 0 Å². The number of carbonyl (C=O) groups excluding carboxylic acids is 1. The summed E-state index contributed by atoms with van der Waals surface area (Å²) in [6, 6.07) is 0. The SMILES string of the molecule is O=C(Cl)C1CCCO1. The Hall–Kier alpha value is -0.0800. The van der Waals surface area contributed by atoms with E-state index in [1.165, 1.54) is 0 Å². The zero-order chi connectivity index (χ0) is 5.98. The van der Waals surface area contributed by atoms with Crippen molar-refractivity contribution in [3.05, 3.63) is 0 Å². The number of halogens is 1. The fourth-order valence-corrected chi connectivity index (χ4v) is 0.929. The molecule has 0 aliphatic carbocycles. The largest absolute Gasteiger partial charge is 0.369 e. The fourth-order valence-electron chi connectivity index (χ4n) is 0.757. The van der Waals surface area contributed by atoms with Crippen LogP contribution in [0.5, 0.6) is 0 Å². The van der Waals surface area contributed by atoms with Gasteiger partial charge in [0.1, 0.15) is 6.10 Å². The van der Waals surface area contributed by atoms with Gasteiger partial charge in [-0.2, -0.15) is 0 Å². The molecule has 2 nitrogen and oxygen atoms in total.